The summed E-state index contributed by atoms with van der Waals surface area (Å²) in [6, 6.07) is 18.2. The van der Waals surface area contributed by atoms with Crippen molar-refractivity contribution in [2.75, 3.05) is 0 Å². The molecule has 0 aromatic heterocycles. The fraction of sp³-hybridized carbons (Fsp3) is 0.100. The van der Waals surface area contributed by atoms with Gasteiger partial charge in [-0.3, -0.25) is 0 Å². The van der Waals surface area contributed by atoms with Gasteiger partial charge in [0.2, 0.25) is 0 Å². The topological polar surface area (TPSA) is 26.3 Å². The molecule has 2 nitrogen and oxygen atoms in total. The summed E-state index contributed by atoms with van der Waals surface area (Å²) in [6.45, 7) is 0. The molecule has 3 aromatic carbocycles. The van der Waals surface area contributed by atoms with Crippen LogP contribution in [0.5, 0.6) is 11.5 Å². The lowest BCUT2D eigenvalue weighted by Gasteiger charge is -2.38. The maximum atomic E-state index is 14.5. The molecule has 3 aromatic rings. The fourth-order valence-electron chi connectivity index (χ4n) is 3.62. The molecule has 0 radical (unpaired) electrons. The Morgan fingerprint density at radius 1 is 0.613 bits per heavy atom. The number of rotatable bonds is 0. The number of ether oxygens (including phenoxy) is 1. The van der Waals surface area contributed by atoms with Gasteiger partial charge in [-0.1, -0.05) is 111 Å². The van der Waals surface area contributed by atoms with Gasteiger partial charge in [0, 0.05) is 24.9 Å². The molecule has 0 unspecified atom stereocenters. The minimum atomic E-state index is -2.85. The Kier molecular flexibility index (Phi) is 7.65. The van der Waals surface area contributed by atoms with Crippen molar-refractivity contribution in [1.82, 2.24) is 0 Å². The first kappa shape index (κ1) is 24.3. The zero-order valence-corrected chi connectivity index (χ0v) is 22.3. The Morgan fingerprint density at radius 3 is 1.32 bits per heavy atom. The summed E-state index contributed by atoms with van der Waals surface area (Å²) in [5.74, 6) is 1.49. The molecule has 3 aliphatic heterocycles. The fourth-order valence-corrected chi connectivity index (χ4v) is 10.7. The van der Waals surface area contributed by atoms with Gasteiger partial charge >= 0.3 is 0 Å². The van der Waals surface area contributed by atoms with E-state index in [1.54, 1.807) is 23.5 Å². The second-order valence-corrected chi connectivity index (χ2v) is 14.9. The van der Waals surface area contributed by atoms with Crippen molar-refractivity contribution in [3.8, 4) is 11.5 Å². The summed E-state index contributed by atoms with van der Waals surface area (Å²) in [6.07, 6.45) is 0. The smallest absolute Gasteiger partial charge is 0.182 e. The molecule has 0 fully saturated rings. The number of alkyl halides is 6. The Labute approximate surface area is 218 Å². The van der Waals surface area contributed by atoms with E-state index in [9.17, 15) is 4.57 Å². The van der Waals surface area contributed by atoms with E-state index in [1.807, 2.05) is 24.3 Å². The summed E-state index contributed by atoms with van der Waals surface area (Å²) in [5.41, 5.74) is 0. The van der Waals surface area contributed by atoms with Crippen molar-refractivity contribution < 1.29 is 9.30 Å². The first-order chi connectivity index (χ1) is 14.7. The summed E-state index contributed by atoms with van der Waals surface area (Å²) < 4.78 is 19.1. The van der Waals surface area contributed by atoms with E-state index in [-0.39, 0.29) is 0 Å². The van der Waals surface area contributed by atoms with Gasteiger partial charge in [0.25, 0.3) is 0 Å². The van der Waals surface area contributed by atoms with Crippen LogP contribution in [0.4, 0.5) is 0 Å². The molecule has 0 spiro atoms. The number of halogens is 6. The van der Waals surface area contributed by atoms with Crippen molar-refractivity contribution in [1.29, 1.82) is 0 Å². The van der Waals surface area contributed by atoms with Crippen LogP contribution >= 0.6 is 100 Å². The third-order valence-electron chi connectivity index (χ3n) is 4.49. The van der Waals surface area contributed by atoms with E-state index < -0.39 is 15.7 Å². The molecular formula is C20H11Cl6O2PS2. The van der Waals surface area contributed by atoms with E-state index in [2.05, 4.69) is 30.3 Å². The lowest BCUT2D eigenvalue weighted by Crippen LogP contribution is -2.38. The normalized spacial score (nSPS) is 15.1. The molecule has 0 amide bonds. The Bertz CT molecular complexity index is 995. The molecule has 11 heteroatoms. The highest BCUT2D eigenvalue weighted by molar-refractivity contribution is 8.05. The van der Waals surface area contributed by atoms with Gasteiger partial charge in [0.15, 0.2) is 15.7 Å². The molecule has 6 rings (SSSR count). The lowest BCUT2D eigenvalue weighted by molar-refractivity contribution is 0.482. The van der Waals surface area contributed by atoms with Crippen molar-refractivity contribution in [3.63, 3.8) is 0 Å². The average Bonchev–Trinajstić information content (AvgIpc) is 2.67. The van der Waals surface area contributed by atoms with Crippen LogP contribution in [-0.4, -0.2) is 8.59 Å². The molecule has 0 saturated carbocycles. The Morgan fingerprint density at radius 2 is 0.935 bits per heavy atom. The van der Waals surface area contributed by atoms with Crippen LogP contribution in [0.15, 0.2) is 74.2 Å². The minimum absolute atomic E-state index is 0.746. The Balaban J connectivity index is 0.000000253. The highest BCUT2D eigenvalue weighted by Gasteiger charge is 2.49. The lowest BCUT2D eigenvalue weighted by atomic mass is 10.3. The number of hydrogen-bond acceptors (Lipinski definition) is 4. The molecule has 162 valence electrons. The maximum absolute atomic E-state index is 14.5. The monoisotopic (exact) mass is 588 g/mol. The highest BCUT2D eigenvalue weighted by atomic mass is 35.6. The molecule has 0 aliphatic carbocycles. The van der Waals surface area contributed by atoms with Gasteiger partial charge in [-0.15, -0.1) is 0 Å². The Hall–Kier alpha value is 0.130. The first-order valence-electron chi connectivity index (χ1n) is 8.62. The standard InChI is InChI=1S/C18H9O2PS2.2CHCl3/c19-21-16-10-4-1-6-12(16)22-14-8-3-9-15(18(14)21)23-13-7-2-5-11(20-10)17(13)21;2*2-1(3)4/h1-9H;2*1H. The average molecular weight is 591 g/mol. The van der Waals surface area contributed by atoms with Crippen LogP contribution in [0, 0.1) is 0 Å². The highest BCUT2D eigenvalue weighted by Crippen LogP contribution is 2.63. The van der Waals surface area contributed by atoms with Crippen LogP contribution in [0.25, 0.3) is 0 Å². The van der Waals surface area contributed by atoms with E-state index in [0.29, 0.717) is 0 Å². The van der Waals surface area contributed by atoms with Crippen LogP contribution in [-0.2, 0) is 4.57 Å². The second-order valence-electron chi connectivity index (χ2n) is 6.22. The minimum Gasteiger partial charge on any atom is -0.456 e. The van der Waals surface area contributed by atoms with Crippen LogP contribution in [0.3, 0.4) is 0 Å². The molecule has 0 atom stereocenters. The van der Waals surface area contributed by atoms with E-state index in [1.165, 1.54) is 0 Å². The summed E-state index contributed by atoms with van der Waals surface area (Å²) >= 11 is 32.2. The third-order valence-corrected chi connectivity index (χ3v) is 10.6. The van der Waals surface area contributed by atoms with E-state index >= 15 is 0 Å². The van der Waals surface area contributed by atoms with Crippen LogP contribution < -0.4 is 20.7 Å². The van der Waals surface area contributed by atoms with Crippen molar-refractivity contribution in [2.24, 2.45) is 0 Å². The van der Waals surface area contributed by atoms with Crippen molar-refractivity contribution in [2.45, 2.75) is 28.2 Å². The molecule has 3 aliphatic rings. The predicted octanol–water partition coefficient (Wildman–Crippen LogP) is 8.33. The van der Waals surface area contributed by atoms with Gasteiger partial charge < -0.3 is 9.30 Å². The maximum Gasteiger partial charge on any atom is 0.182 e. The molecule has 0 N–H and O–H groups in total. The largest absolute Gasteiger partial charge is 0.456 e. The van der Waals surface area contributed by atoms with Gasteiger partial charge in [0.05, 0.1) is 10.6 Å². The van der Waals surface area contributed by atoms with Crippen molar-refractivity contribution >= 4 is 116 Å². The summed E-state index contributed by atoms with van der Waals surface area (Å²) in [7, 11) is -2.85. The van der Waals surface area contributed by atoms with Crippen molar-refractivity contribution in [3.05, 3.63) is 54.6 Å². The first-order valence-corrected chi connectivity index (χ1v) is 14.6. The molecule has 3 heterocycles. The summed E-state index contributed by atoms with van der Waals surface area (Å²) in [4.78, 5) is 4.35. The quantitative estimate of drug-likeness (QED) is 0.131. The van der Waals surface area contributed by atoms with Crippen LogP contribution in [0.1, 0.15) is 0 Å². The van der Waals surface area contributed by atoms with E-state index in [0.717, 1.165) is 47.0 Å². The van der Waals surface area contributed by atoms with E-state index in [4.69, 9.17) is 74.3 Å². The van der Waals surface area contributed by atoms with Gasteiger partial charge in [-0.2, -0.15) is 0 Å². The molecule has 31 heavy (non-hydrogen) atoms. The van der Waals surface area contributed by atoms with Crippen LogP contribution in [0.2, 0.25) is 0 Å². The predicted molar refractivity (Wildman–Crippen MR) is 137 cm³/mol. The number of hydrogen-bond donors (Lipinski definition) is 0. The van der Waals surface area contributed by atoms with Gasteiger partial charge in [0.1, 0.15) is 11.5 Å². The van der Waals surface area contributed by atoms with Gasteiger partial charge in [-0.05, 0) is 36.4 Å². The van der Waals surface area contributed by atoms with Gasteiger partial charge in [-0.25, -0.2) is 0 Å². The number of benzene rings is 3. The molecular weight excluding hydrogens is 580 g/mol. The zero-order valence-electron chi connectivity index (χ0n) is 15.2. The molecule has 0 bridgehead atoms. The summed E-state index contributed by atoms with van der Waals surface area (Å²) in [5, 5.41) is 2.80. The zero-order chi connectivity index (χ0) is 22.3. The third kappa shape index (κ3) is 4.58. The second kappa shape index (κ2) is 9.78. The SMILES string of the molecule is ClC(Cl)Cl.ClC(Cl)Cl.O=P12c3c4cccc3Sc3cccc(c31)Sc1cccc(c12)O4. The molecule has 0 saturated heterocycles.